The number of imide groups is 1. The molecule has 314 valence electrons. The summed E-state index contributed by atoms with van der Waals surface area (Å²) in [5.74, 6) is -0.924. The minimum Gasteiger partial charge on any atom is -0.308 e. The molecule has 0 radical (unpaired) electrons. The highest BCUT2D eigenvalue weighted by atomic mass is 16.2. The molecule has 0 aliphatic carbocycles. The van der Waals surface area contributed by atoms with E-state index in [0.29, 0.717) is 44.8 Å². The van der Waals surface area contributed by atoms with Gasteiger partial charge in [0.05, 0.1) is 80.1 Å². The molecule has 8 heteroatoms. The maximum absolute atomic E-state index is 15.6. The van der Waals surface area contributed by atoms with Crippen LogP contribution in [-0.2, 0) is 0 Å². The minimum atomic E-state index is -0.474. The molecule has 0 spiro atoms. The zero-order valence-corrected chi connectivity index (χ0v) is 36.0. The number of rotatable bonds is 7. The number of carbonyl (C=O) groups excluding carboxylic acids is 2. The van der Waals surface area contributed by atoms with Crippen molar-refractivity contribution >= 4 is 39.3 Å². The van der Waals surface area contributed by atoms with Gasteiger partial charge in [0, 0.05) is 21.9 Å². The van der Waals surface area contributed by atoms with Gasteiger partial charge in [-0.3, -0.25) is 9.59 Å². The molecule has 1 aliphatic rings. The zero-order chi connectivity index (χ0) is 46.5. The molecule has 8 nitrogen and oxygen atoms in total. The van der Waals surface area contributed by atoms with E-state index in [0.717, 1.165) is 66.3 Å². The van der Waals surface area contributed by atoms with Crippen molar-refractivity contribution in [1.29, 1.82) is 21.0 Å². The summed E-state index contributed by atoms with van der Waals surface area (Å²) in [7, 11) is 0. The lowest BCUT2D eigenvalue weighted by Gasteiger charge is -2.24. The number of aromatic nitrogens is 1. The van der Waals surface area contributed by atoms with Gasteiger partial charge in [-0.05, 0) is 117 Å². The number of hydrogen-bond donors (Lipinski definition) is 0. The van der Waals surface area contributed by atoms with Gasteiger partial charge >= 0.3 is 0 Å². The molecule has 9 aromatic carbocycles. The van der Waals surface area contributed by atoms with Crippen LogP contribution in [0.5, 0.6) is 0 Å². The molecule has 0 saturated carbocycles. The molecule has 0 fully saturated rings. The van der Waals surface area contributed by atoms with Gasteiger partial charge in [0.25, 0.3) is 11.8 Å². The molecule has 10 aromatic rings. The first-order valence-electron chi connectivity index (χ1n) is 21.7. The average Bonchev–Trinajstić information content (AvgIpc) is 3.87. The maximum atomic E-state index is 15.6. The number of hydrogen-bond acceptors (Lipinski definition) is 6. The van der Waals surface area contributed by atoms with E-state index < -0.39 is 11.8 Å². The fourth-order valence-electron chi connectivity index (χ4n) is 9.54. The summed E-state index contributed by atoms with van der Waals surface area (Å²) in [6.07, 6.45) is 0. The SMILES string of the molecule is N#Cc1ccc(-c2ccc3c(c2)c2cc(-c4ccc(C#N)cc4C#N)ccc2n3-c2cccc3c2C(=O)N(c2c(-c4ccccc4)cc(-c4ccccc4)cc2-c2ccccc2)C3=O)c(C#N)c1. The van der Waals surface area contributed by atoms with Gasteiger partial charge in [-0.1, -0.05) is 121 Å². The summed E-state index contributed by atoms with van der Waals surface area (Å²) in [6.45, 7) is 0. The van der Waals surface area contributed by atoms with Gasteiger partial charge in [-0.15, -0.1) is 0 Å². The van der Waals surface area contributed by atoms with Crippen molar-refractivity contribution in [3.8, 4) is 85.6 Å². The lowest BCUT2D eigenvalue weighted by Crippen LogP contribution is -2.30. The van der Waals surface area contributed by atoms with Crippen LogP contribution in [0.4, 0.5) is 5.69 Å². The topological polar surface area (TPSA) is 137 Å². The second kappa shape index (κ2) is 16.5. The minimum absolute atomic E-state index is 0.243. The number of nitrogens with zero attached hydrogens (tertiary/aromatic N) is 6. The Morgan fingerprint density at radius 3 is 1.31 bits per heavy atom. The number of benzene rings is 9. The van der Waals surface area contributed by atoms with Crippen molar-refractivity contribution < 1.29 is 9.59 Å². The van der Waals surface area contributed by atoms with Crippen LogP contribution in [0.15, 0.2) is 194 Å². The van der Waals surface area contributed by atoms with Gasteiger partial charge in [-0.2, -0.15) is 21.0 Å². The van der Waals surface area contributed by atoms with Crippen molar-refractivity contribution in [3.05, 3.63) is 228 Å². The van der Waals surface area contributed by atoms with Crippen LogP contribution in [0.2, 0.25) is 0 Å². The van der Waals surface area contributed by atoms with Gasteiger partial charge in [0.1, 0.15) is 0 Å². The first-order valence-corrected chi connectivity index (χ1v) is 21.7. The van der Waals surface area contributed by atoms with E-state index in [9.17, 15) is 21.0 Å². The molecule has 2 heterocycles. The Morgan fingerprint density at radius 1 is 0.353 bits per heavy atom. The van der Waals surface area contributed by atoms with Crippen LogP contribution < -0.4 is 4.90 Å². The Morgan fingerprint density at radius 2 is 0.838 bits per heavy atom. The molecule has 1 aromatic heterocycles. The number of nitriles is 4. The normalized spacial score (nSPS) is 11.8. The third-order valence-corrected chi connectivity index (χ3v) is 12.7. The highest BCUT2D eigenvalue weighted by Gasteiger charge is 2.42. The average molecular weight is 869 g/mol. The van der Waals surface area contributed by atoms with Crippen molar-refractivity contribution in [2.24, 2.45) is 0 Å². The Bertz CT molecular complexity index is 3750. The maximum Gasteiger partial charge on any atom is 0.268 e. The monoisotopic (exact) mass is 868 g/mol. The van der Waals surface area contributed by atoms with Gasteiger partial charge in [0.2, 0.25) is 0 Å². The molecule has 0 bridgehead atoms. The first-order chi connectivity index (χ1) is 33.4. The molecule has 0 atom stereocenters. The molecule has 2 amide bonds. The fourth-order valence-corrected chi connectivity index (χ4v) is 9.54. The lowest BCUT2D eigenvalue weighted by molar-refractivity contribution is 0.0926. The molecule has 0 N–H and O–H groups in total. The highest BCUT2D eigenvalue weighted by Crippen LogP contribution is 2.47. The van der Waals surface area contributed by atoms with Crippen molar-refractivity contribution in [3.63, 3.8) is 0 Å². The lowest BCUT2D eigenvalue weighted by atomic mass is 9.90. The Hall–Kier alpha value is -10.1. The Labute approximate surface area is 390 Å². The Kier molecular flexibility index (Phi) is 9.84. The molecular formula is C60H32N6O2. The number of anilines is 1. The molecule has 68 heavy (non-hydrogen) atoms. The summed E-state index contributed by atoms with van der Waals surface area (Å²) in [5.41, 5.74) is 12.1. The van der Waals surface area contributed by atoms with Crippen LogP contribution in [0.25, 0.3) is 83.1 Å². The molecule has 0 unspecified atom stereocenters. The molecule has 0 saturated heterocycles. The summed E-state index contributed by atoms with van der Waals surface area (Å²) in [5, 5.41) is 41.1. The van der Waals surface area contributed by atoms with Gasteiger partial charge < -0.3 is 4.57 Å². The van der Waals surface area contributed by atoms with Crippen LogP contribution in [-0.4, -0.2) is 16.4 Å². The van der Waals surface area contributed by atoms with Crippen LogP contribution in [0.1, 0.15) is 43.0 Å². The summed E-state index contributed by atoms with van der Waals surface area (Å²) in [4.78, 5) is 32.2. The van der Waals surface area contributed by atoms with E-state index in [4.69, 9.17) is 0 Å². The predicted molar refractivity (Wildman–Crippen MR) is 264 cm³/mol. The zero-order valence-electron chi connectivity index (χ0n) is 36.0. The second-order valence-electron chi connectivity index (χ2n) is 16.4. The fraction of sp³-hybridized carbons (Fsp3) is 0. The molecule has 1 aliphatic heterocycles. The van der Waals surface area contributed by atoms with E-state index in [2.05, 4.69) is 36.4 Å². The third kappa shape index (κ3) is 6.58. The second-order valence-corrected chi connectivity index (χ2v) is 16.4. The number of carbonyl (C=O) groups is 2. The summed E-state index contributed by atoms with van der Waals surface area (Å²) >= 11 is 0. The highest BCUT2D eigenvalue weighted by molar-refractivity contribution is 6.37. The molecular weight excluding hydrogens is 837 g/mol. The standard InChI is InChI=1S/C60H32N6O2/c61-33-37-19-23-47(45(27-37)35-63)42-21-25-54-52(29-42)53-30-43(48-24-20-38(34-62)28-46(48)36-64)22-26-55(53)65(54)56-18-10-17-49-57(56)60(68)66(59(49)67)58-50(40-13-6-2-7-14-40)31-44(39-11-4-1-5-12-39)32-51(58)41-15-8-3-9-16-41/h1-32H. The number of amides is 2. The molecule has 11 rings (SSSR count). The smallest absolute Gasteiger partial charge is 0.268 e. The van der Waals surface area contributed by atoms with Gasteiger partial charge in [-0.25, -0.2) is 4.90 Å². The van der Waals surface area contributed by atoms with Crippen molar-refractivity contribution in [2.75, 3.05) is 4.90 Å². The van der Waals surface area contributed by atoms with Crippen molar-refractivity contribution in [1.82, 2.24) is 4.57 Å². The third-order valence-electron chi connectivity index (χ3n) is 12.7. The van der Waals surface area contributed by atoms with E-state index in [1.807, 2.05) is 138 Å². The quantitative estimate of drug-likeness (QED) is 0.146. The van der Waals surface area contributed by atoms with E-state index in [1.54, 1.807) is 48.5 Å². The van der Waals surface area contributed by atoms with Crippen LogP contribution in [0.3, 0.4) is 0 Å². The van der Waals surface area contributed by atoms with Crippen LogP contribution >= 0.6 is 0 Å². The largest absolute Gasteiger partial charge is 0.308 e. The van der Waals surface area contributed by atoms with Crippen LogP contribution in [0, 0.1) is 45.3 Å². The first kappa shape index (κ1) is 40.6. The van der Waals surface area contributed by atoms with E-state index in [1.165, 1.54) is 4.90 Å². The number of fused-ring (bicyclic) bond motifs is 4. The Balaban J connectivity index is 1.15. The van der Waals surface area contributed by atoms with E-state index >= 15 is 9.59 Å². The van der Waals surface area contributed by atoms with E-state index in [-0.39, 0.29) is 11.1 Å². The summed E-state index contributed by atoms with van der Waals surface area (Å²) in [6, 6.07) is 69.5. The predicted octanol–water partition coefficient (Wildman–Crippen LogP) is 13.4. The van der Waals surface area contributed by atoms with Crippen molar-refractivity contribution in [2.45, 2.75) is 0 Å². The van der Waals surface area contributed by atoms with Gasteiger partial charge in [0.15, 0.2) is 0 Å². The summed E-state index contributed by atoms with van der Waals surface area (Å²) < 4.78 is 1.99.